The highest BCUT2D eigenvalue weighted by molar-refractivity contribution is 7.92. The molecule has 3 rings (SSSR count). The molecule has 1 heterocycles. The normalized spacial score (nSPS) is 11.1. The summed E-state index contributed by atoms with van der Waals surface area (Å²) >= 11 is 1.53. The molecule has 0 saturated carbocycles. The highest BCUT2D eigenvalue weighted by Crippen LogP contribution is 2.24. The minimum absolute atomic E-state index is 0.0994. The van der Waals surface area contributed by atoms with Gasteiger partial charge >= 0.3 is 6.03 Å². The second-order valence-corrected chi connectivity index (χ2v) is 9.76. The predicted molar refractivity (Wildman–Crippen MR) is 116 cm³/mol. The Hall–Kier alpha value is -2.91. The van der Waals surface area contributed by atoms with Crippen molar-refractivity contribution in [1.82, 2.24) is 9.88 Å². The van der Waals surface area contributed by atoms with Gasteiger partial charge in [0.05, 0.1) is 22.1 Å². The molecule has 0 saturated heterocycles. The summed E-state index contributed by atoms with van der Waals surface area (Å²) in [5, 5.41) is 3.69. The average Bonchev–Trinajstić information content (AvgIpc) is 3.12. The second kappa shape index (κ2) is 8.62. The topological polar surface area (TPSA) is 82.6 Å². The first kappa shape index (κ1) is 20.8. The van der Waals surface area contributed by atoms with E-state index in [1.54, 1.807) is 49.6 Å². The summed E-state index contributed by atoms with van der Waals surface area (Å²) in [6.07, 6.45) is 1.75. The van der Waals surface area contributed by atoms with Crippen molar-refractivity contribution in [2.24, 2.45) is 0 Å². The zero-order valence-corrected chi connectivity index (χ0v) is 18.0. The zero-order valence-electron chi connectivity index (χ0n) is 16.4. The third-order valence-corrected chi connectivity index (χ3v) is 6.95. The van der Waals surface area contributed by atoms with Gasteiger partial charge in [0.2, 0.25) is 0 Å². The summed E-state index contributed by atoms with van der Waals surface area (Å²) in [7, 11) is -0.579. The van der Waals surface area contributed by atoms with E-state index in [1.807, 2.05) is 13.0 Å². The fourth-order valence-electron chi connectivity index (χ4n) is 2.67. The number of amides is 2. The largest absolute Gasteiger partial charge is 0.322 e. The lowest BCUT2D eigenvalue weighted by atomic mass is 10.3. The molecular formula is C20H22N4O3S2. The Labute approximate surface area is 174 Å². The number of aryl methyl sites for hydroxylation is 1. The smallest absolute Gasteiger partial charge is 0.321 e. The van der Waals surface area contributed by atoms with Crippen LogP contribution in [0, 0.1) is 6.92 Å². The van der Waals surface area contributed by atoms with Gasteiger partial charge in [-0.2, -0.15) is 0 Å². The summed E-state index contributed by atoms with van der Waals surface area (Å²) in [4.78, 5) is 19.3. The molecule has 0 bridgehead atoms. The van der Waals surface area contributed by atoms with Crippen LogP contribution in [-0.2, 0) is 16.6 Å². The van der Waals surface area contributed by atoms with Crippen molar-refractivity contribution >= 4 is 38.8 Å². The van der Waals surface area contributed by atoms with Crippen LogP contribution in [0.3, 0.4) is 0 Å². The molecule has 0 aliphatic carbocycles. The van der Waals surface area contributed by atoms with Gasteiger partial charge in [-0.25, -0.2) is 18.2 Å². The number of urea groups is 1. The number of aromatic nitrogens is 1. The number of benzene rings is 2. The Balaban J connectivity index is 1.74. The van der Waals surface area contributed by atoms with Crippen LogP contribution in [0.25, 0.3) is 0 Å². The van der Waals surface area contributed by atoms with E-state index >= 15 is 0 Å². The third kappa shape index (κ3) is 4.93. The van der Waals surface area contributed by atoms with Crippen molar-refractivity contribution in [2.45, 2.75) is 18.4 Å². The number of nitrogens with zero attached hydrogens (tertiary/aromatic N) is 3. The first-order valence-electron chi connectivity index (χ1n) is 8.85. The van der Waals surface area contributed by atoms with Gasteiger partial charge in [0.1, 0.15) is 0 Å². The highest BCUT2D eigenvalue weighted by atomic mass is 32.2. The molecule has 7 nitrogen and oxygen atoms in total. The molecule has 0 fully saturated rings. The number of hydrogen-bond donors (Lipinski definition) is 1. The quantitative estimate of drug-likeness (QED) is 0.642. The van der Waals surface area contributed by atoms with Crippen LogP contribution >= 0.6 is 11.3 Å². The summed E-state index contributed by atoms with van der Waals surface area (Å²) in [6, 6.07) is 14.7. The molecule has 2 aromatic carbocycles. The maximum Gasteiger partial charge on any atom is 0.321 e. The van der Waals surface area contributed by atoms with Gasteiger partial charge in [0, 0.05) is 30.9 Å². The minimum atomic E-state index is -3.75. The summed E-state index contributed by atoms with van der Waals surface area (Å²) in [6.45, 7) is 2.33. The molecule has 1 aromatic heterocycles. The zero-order chi connectivity index (χ0) is 21.0. The van der Waals surface area contributed by atoms with Crippen molar-refractivity contribution in [2.75, 3.05) is 23.7 Å². The molecule has 2 amide bonds. The average molecular weight is 431 g/mol. The van der Waals surface area contributed by atoms with Crippen LogP contribution < -0.4 is 9.62 Å². The Morgan fingerprint density at radius 2 is 1.83 bits per heavy atom. The molecule has 0 radical (unpaired) electrons. The lowest BCUT2D eigenvalue weighted by Gasteiger charge is -2.20. The van der Waals surface area contributed by atoms with Crippen molar-refractivity contribution < 1.29 is 13.2 Å². The third-order valence-electron chi connectivity index (χ3n) is 4.27. The van der Waals surface area contributed by atoms with E-state index in [9.17, 15) is 13.2 Å². The molecule has 0 unspecified atom stereocenters. The fraction of sp³-hybridized carbons (Fsp3) is 0.200. The summed E-state index contributed by atoms with van der Waals surface area (Å²) < 4.78 is 27.1. The van der Waals surface area contributed by atoms with Crippen LogP contribution in [0.2, 0.25) is 0 Å². The molecule has 152 valence electrons. The number of carbonyl (C=O) groups is 1. The van der Waals surface area contributed by atoms with E-state index < -0.39 is 10.0 Å². The van der Waals surface area contributed by atoms with Gasteiger partial charge < -0.3 is 10.2 Å². The van der Waals surface area contributed by atoms with Crippen molar-refractivity contribution in [3.8, 4) is 0 Å². The van der Waals surface area contributed by atoms with Gasteiger partial charge in [-0.1, -0.05) is 24.3 Å². The van der Waals surface area contributed by atoms with Gasteiger partial charge in [0.25, 0.3) is 10.0 Å². The van der Waals surface area contributed by atoms with E-state index in [2.05, 4.69) is 10.3 Å². The van der Waals surface area contributed by atoms with Crippen LogP contribution in [0.1, 0.15) is 9.88 Å². The molecule has 29 heavy (non-hydrogen) atoms. The molecule has 1 N–H and O–H groups in total. The van der Waals surface area contributed by atoms with Gasteiger partial charge in [-0.15, -0.1) is 11.3 Å². The number of nitrogens with one attached hydrogen (secondary N) is 1. The molecule has 0 aliphatic rings. The Morgan fingerprint density at radius 3 is 2.48 bits per heavy atom. The van der Waals surface area contributed by atoms with Crippen LogP contribution in [0.4, 0.5) is 16.2 Å². The Bertz CT molecular complexity index is 1100. The summed E-state index contributed by atoms with van der Waals surface area (Å²) in [5.41, 5.74) is 0.964. The molecule has 0 aliphatic heterocycles. The number of rotatable bonds is 6. The first-order chi connectivity index (χ1) is 13.8. The van der Waals surface area contributed by atoms with E-state index in [0.29, 0.717) is 17.9 Å². The van der Waals surface area contributed by atoms with Crippen LogP contribution in [0.15, 0.2) is 65.7 Å². The standard InChI is InChI=1S/C20H22N4O3S2/c1-15-21-13-18(28-15)14-23(2)20(25)22-16-8-7-11-19(12-16)29(26,27)24(3)17-9-5-4-6-10-17/h4-13H,14H2,1-3H3,(H,22,25). The highest BCUT2D eigenvalue weighted by Gasteiger charge is 2.22. The monoisotopic (exact) mass is 430 g/mol. The molecule has 9 heteroatoms. The fourth-order valence-corrected chi connectivity index (χ4v) is 4.76. The number of sulfonamides is 1. The van der Waals surface area contributed by atoms with Gasteiger partial charge in [-0.3, -0.25) is 4.31 Å². The van der Waals surface area contributed by atoms with E-state index in [-0.39, 0.29) is 10.9 Å². The Morgan fingerprint density at radius 1 is 1.10 bits per heavy atom. The van der Waals surface area contributed by atoms with E-state index in [1.165, 1.54) is 39.7 Å². The maximum atomic E-state index is 12.9. The lowest BCUT2D eigenvalue weighted by Crippen LogP contribution is -2.31. The molecule has 0 atom stereocenters. The molecular weight excluding hydrogens is 408 g/mol. The van der Waals surface area contributed by atoms with Crippen molar-refractivity contribution in [1.29, 1.82) is 0 Å². The second-order valence-electron chi connectivity index (χ2n) is 6.47. The SMILES string of the molecule is Cc1ncc(CN(C)C(=O)Nc2cccc(S(=O)(=O)N(C)c3ccccc3)c2)s1. The number of carbonyl (C=O) groups excluding carboxylic acids is 1. The first-order valence-corrected chi connectivity index (χ1v) is 11.1. The van der Waals surface area contributed by atoms with Crippen LogP contribution in [0.5, 0.6) is 0 Å². The van der Waals surface area contributed by atoms with Gasteiger partial charge in [-0.05, 0) is 37.3 Å². The number of hydrogen-bond acceptors (Lipinski definition) is 5. The van der Waals surface area contributed by atoms with Crippen LogP contribution in [-0.4, -0.2) is 38.4 Å². The number of anilines is 2. The number of para-hydroxylation sites is 1. The lowest BCUT2D eigenvalue weighted by molar-refractivity contribution is 0.221. The van der Waals surface area contributed by atoms with Crippen molar-refractivity contribution in [3.63, 3.8) is 0 Å². The molecule has 0 spiro atoms. The van der Waals surface area contributed by atoms with Crippen molar-refractivity contribution in [3.05, 3.63) is 70.7 Å². The Kier molecular flexibility index (Phi) is 6.19. The van der Waals surface area contributed by atoms with E-state index in [4.69, 9.17) is 0 Å². The summed E-state index contributed by atoms with van der Waals surface area (Å²) in [5.74, 6) is 0. The molecule has 3 aromatic rings. The minimum Gasteiger partial charge on any atom is -0.322 e. The van der Waals surface area contributed by atoms with Gasteiger partial charge in [0.15, 0.2) is 0 Å². The number of thiazole rings is 1. The predicted octanol–water partition coefficient (Wildman–Crippen LogP) is 3.94. The van der Waals surface area contributed by atoms with E-state index in [0.717, 1.165) is 9.88 Å². The maximum absolute atomic E-state index is 12.9.